The first-order chi connectivity index (χ1) is 25.8. The summed E-state index contributed by atoms with van der Waals surface area (Å²) in [5, 5.41) is 2.35. The van der Waals surface area contributed by atoms with E-state index in [1.165, 1.54) is 10.8 Å². The summed E-state index contributed by atoms with van der Waals surface area (Å²) in [6, 6.07) is 58.4. The Hall–Kier alpha value is -7.11. The Morgan fingerprint density at radius 3 is 1.77 bits per heavy atom. The Balaban J connectivity index is 1.09. The summed E-state index contributed by atoms with van der Waals surface area (Å²) in [4.78, 5) is 14.8. The fourth-order valence-corrected chi connectivity index (χ4v) is 7.20. The van der Waals surface area contributed by atoms with Gasteiger partial charge in [0, 0.05) is 44.3 Å². The second kappa shape index (κ2) is 12.3. The van der Waals surface area contributed by atoms with Crippen LogP contribution in [0.25, 0.3) is 84.9 Å². The summed E-state index contributed by atoms with van der Waals surface area (Å²) >= 11 is 0. The van der Waals surface area contributed by atoms with Crippen LogP contribution >= 0.6 is 0 Å². The molecule has 0 atom stereocenters. The number of ether oxygens (including phenoxy) is 1. The third-order valence-electron chi connectivity index (χ3n) is 9.67. The molecular formula is C47H30N4O. The van der Waals surface area contributed by atoms with Gasteiger partial charge in [-0.25, -0.2) is 15.0 Å². The maximum atomic E-state index is 6.48. The van der Waals surface area contributed by atoms with Crippen molar-refractivity contribution in [1.82, 2.24) is 19.5 Å². The highest BCUT2D eigenvalue weighted by Crippen LogP contribution is 2.43. The van der Waals surface area contributed by atoms with Crippen LogP contribution in [0.1, 0.15) is 11.1 Å². The first-order valence-corrected chi connectivity index (χ1v) is 17.4. The van der Waals surface area contributed by atoms with Crippen molar-refractivity contribution >= 4 is 34.0 Å². The van der Waals surface area contributed by atoms with Crippen molar-refractivity contribution in [1.29, 1.82) is 0 Å². The van der Waals surface area contributed by atoms with Gasteiger partial charge in [0.1, 0.15) is 11.5 Å². The van der Waals surface area contributed by atoms with Crippen molar-refractivity contribution in [2.45, 2.75) is 0 Å². The molecule has 3 heterocycles. The Morgan fingerprint density at radius 1 is 0.404 bits per heavy atom. The molecule has 9 aromatic rings. The van der Waals surface area contributed by atoms with E-state index in [-0.39, 0.29) is 0 Å². The minimum Gasteiger partial charge on any atom is -0.456 e. The van der Waals surface area contributed by atoms with Gasteiger partial charge < -0.3 is 9.30 Å². The average molecular weight is 667 g/mol. The van der Waals surface area contributed by atoms with Gasteiger partial charge in [-0.2, -0.15) is 0 Å². The summed E-state index contributed by atoms with van der Waals surface area (Å²) in [5.74, 6) is 3.63. The van der Waals surface area contributed by atoms with Crippen molar-refractivity contribution in [3.05, 3.63) is 181 Å². The Morgan fingerprint density at radius 2 is 1.00 bits per heavy atom. The van der Waals surface area contributed by atoms with Crippen LogP contribution in [0.15, 0.2) is 170 Å². The van der Waals surface area contributed by atoms with Gasteiger partial charge in [0.2, 0.25) is 0 Å². The number of benzene rings is 7. The number of fused-ring (bicyclic) bond motifs is 6. The molecule has 1 aliphatic heterocycles. The molecule has 10 rings (SSSR count). The first-order valence-electron chi connectivity index (χ1n) is 17.4. The van der Waals surface area contributed by atoms with Crippen molar-refractivity contribution in [2.24, 2.45) is 0 Å². The van der Waals surface area contributed by atoms with Crippen LogP contribution in [-0.4, -0.2) is 19.5 Å². The topological polar surface area (TPSA) is 52.8 Å². The highest BCUT2D eigenvalue weighted by atomic mass is 16.5. The molecule has 0 N–H and O–H groups in total. The SMILES string of the molecule is C1=Cc2c(ccc3c2c2ccccc2n3-c2cccc(-c3cccc(-c4nc(-c5ccccc5)nc(-c5ccccc5)n4)c3)c2)Oc2ccccc21. The zero-order chi connectivity index (χ0) is 34.4. The molecule has 5 heteroatoms. The van der Waals surface area contributed by atoms with E-state index in [2.05, 4.69) is 108 Å². The number of hydrogen-bond acceptors (Lipinski definition) is 4. The maximum absolute atomic E-state index is 6.48. The molecule has 0 saturated carbocycles. The van der Waals surface area contributed by atoms with E-state index in [1.54, 1.807) is 0 Å². The molecule has 0 aliphatic carbocycles. The summed E-state index contributed by atoms with van der Waals surface area (Å²) < 4.78 is 8.83. The minimum absolute atomic E-state index is 0.631. The highest BCUT2D eigenvalue weighted by Gasteiger charge is 2.20. The third-order valence-corrected chi connectivity index (χ3v) is 9.67. The van der Waals surface area contributed by atoms with Crippen LogP contribution in [0.3, 0.4) is 0 Å². The van der Waals surface area contributed by atoms with Gasteiger partial charge in [0.05, 0.1) is 11.0 Å². The van der Waals surface area contributed by atoms with Crippen molar-refractivity contribution < 1.29 is 4.74 Å². The Kier molecular flexibility index (Phi) is 7.07. The lowest BCUT2D eigenvalue weighted by Crippen LogP contribution is -2.00. The van der Waals surface area contributed by atoms with E-state index < -0.39 is 0 Å². The average Bonchev–Trinajstić information content (AvgIpc) is 3.43. The Labute approximate surface area is 300 Å². The zero-order valence-corrected chi connectivity index (χ0v) is 28.0. The standard InChI is InChI=1S/C47H30N4O/c1-3-14-32(15-4-1)45-48-46(33-16-5-2-6-17-33)50-47(49-45)36-20-11-18-34(29-36)35-19-12-21-37(30-35)51-40-23-9-8-22-38(40)44-39-26-25-31-13-7-10-24-42(31)52-43(39)28-27-41(44)51/h1-30H. The second-order valence-electron chi connectivity index (χ2n) is 12.9. The van der Waals surface area contributed by atoms with Crippen molar-refractivity contribution in [3.8, 4) is 62.5 Å². The molecule has 0 fully saturated rings. The minimum atomic E-state index is 0.631. The molecule has 7 aromatic carbocycles. The van der Waals surface area contributed by atoms with Crippen LogP contribution in [0.5, 0.6) is 11.5 Å². The van der Waals surface area contributed by atoms with Crippen molar-refractivity contribution in [2.75, 3.05) is 0 Å². The number of rotatable bonds is 5. The lowest BCUT2D eigenvalue weighted by molar-refractivity contribution is 0.482. The van der Waals surface area contributed by atoms with Gasteiger partial charge in [-0.1, -0.05) is 133 Å². The summed E-state index contributed by atoms with van der Waals surface area (Å²) in [5.41, 5.74) is 10.5. The van der Waals surface area contributed by atoms with Gasteiger partial charge in [-0.15, -0.1) is 0 Å². The largest absolute Gasteiger partial charge is 0.456 e. The molecule has 0 saturated heterocycles. The molecule has 0 bridgehead atoms. The molecule has 0 amide bonds. The normalized spacial score (nSPS) is 11.9. The molecule has 5 nitrogen and oxygen atoms in total. The molecular weight excluding hydrogens is 637 g/mol. The predicted molar refractivity (Wildman–Crippen MR) is 211 cm³/mol. The fraction of sp³-hybridized carbons (Fsp3) is 0. The van der Waals surface area contributed by atoms with Crippen LogP contribution < -0.4 is 4.74 Å². The molecule has 2 aromatic heterocycles. The van der Waals surface area contributed by atoms with E-state index in [9.17, 15) is 0 Å². The van der Waals surface area contributed by atoms with Crippen LogP contribution in [0, 0.1) is 0 Å². The van der Waals surface area contributed by atoms with Gasteiger partial charge in [-0.05, 0) is 59.7 Å². The van der Waals surface area contributed by atoms with Crippen LogP contribution in [0.4, 0.5) is 0 Å². The molecule has 0 radical (unpaired) electrons. The first kappa shape index (κ1) is 29.8. The smallest absolute Gasteiger partial charge is 0.164 e. The number of para-hydroxylation sites is 2. The van der Waals surface area contributed by atoms with Gasteiger partial charge in [0.15, 0.2) is 17.5 Å². The summed E-state index contributed by atoms with van der Waals surface area (Å²) in [6.07, 6.45) is 4.34. The third kappa shape index (κ3) is 5.15. The highest BCUT2D eigenvalue weighted by molar-refractivity contribution is 6.14. The van der Waals surface area contributed by atoms with Crippen LogP contribution in [-0.2, 0) is 0 Å². The lowest BCUT2D eigenvalue weighted by atomic mass is 10.0. The monoisotopic (exact) mass is 666 g/mol. The van der Waals surface area contributed by atoms with E-state index in [4.69, 9.17) is 19.7 Å². The number of aromatic nitrogens is 4. The Bertz CT molecular complexity index is 2760. The van der Waals surface area contributed by atoms with Gasteiger partial charge in [-0.3, -0.25) is 0 Å². The van der Waals surface area contributed by atoms with Gasteiger partial charge >= 0.3 is 0 Å². The predicted octanol–water partition coefficient (Wildman–Crippen LogP) is 11.9. The van der Waals surface area contributed by atoms with Gasteiger partial charge in [0.25, 0.3) is 0 Å². The van der Waals surface area contributed by atoms with Crippen LogP contribution in [0.2, 0.25) is 0 Å². The summed E-state index contributed by atoms with van der Waals surface area (Å²) in [7, 11) is 0. The molecule has 244 valence electrons. The number of hydrogen-bond donors (Lipinski definition) is 0. The molecule has 0 unspecified atom stereocenters. The lowest BCUT2D eigenvalue weighted by Gasteiger charge is -2.13. The zero-order valence-electron chi connectivity index (χ0n) is 28.0. The molecule has 1 aliphatic rings. The molecule has 52 heavy (non-hydrogen) atoms. The fourth-order valence-electron chi connectivity index (χ4n) is 7.20. The summed E-state index contributed by atoms with van der Waals surface area (Å²) in [6.45, 7) is 0. The van der Waals surface area contributed by atoms with Crippen molar-refractivity contribution in [3.63, 3.8) is 0 Å². The van der Waals surface area contributed by atoms with E-state index in [0.717, 1.165) is 67.2 Å². The second-order valence-corrected chi connectivity index (χ2v) is 12.9. The van der Waals surface area contributed by atoms with E-state index >= 15 is 0 Å². The quantitative estimate of drug-likeness (QED) is 0.183. The maximum Gasteiger partial charge on any atom is 0.164 e. The number of nitrogens with zero attached hydrogens (tertiary/aromatic N) is 4. The van der Waals surface area contributed by atoms with E-state index in [0.29, 0.717) is 17.5 Å². The van der Waals surface area contributed by atoms with E-state index in [1.807, 2.05) is 78.9 Å². The molecule has 0 spiro atoms.